The van der Waals surface area contributed by atoms with Gasteiger partial charge in [-0.1, -0.05) is 141 Å². The number of esters is 2. The highest BCUT2D eigenvalue weighted by Gasteiger charge is 2.26. The molecule has 0 amide bonds. The zero-order valence-electron chi connectivity index (χ0n) is 33.3. The summed E-state index contributed by atoms with van der Waals surface area (Å²) in [7, 11) is -4.46. The molecule has 0 aliphatic heterocycles. The Morgan fingerprint density at radius 2 is 0.849 bits per heavy atom. The van der Waals surface area contributed by atoms with E-state index in [1.165, 1.54) is 89.9 Å². The second-order valence-corrected chi connectivity index (χ2v) is 15.8. The number of carbonyl (C=O) groups excluding carboxylic acids is 2. The number of phosphoric ester groups is 1. The van der Waals surface area contributed by atoms with Crippen molar-refractivity contribution in [2.24, 2.45) is 0 Å². The summed E-state index contributed by atoms with van der Waals surface area (Å²) in [6, 6.07) is 0. The van der Waals surface area contributed by atoms with Crippen LogP contribution in [-0.2, 0) is 32.7 Å². The van der Waals surface area contributed by atoms with Crippen molar-refractivity contribution in [1.82, 2.24) is 0 Å². The van der Waals surface area contributed by atoms with Gasteiger partial charge >= 0.3 is 19.8 Å². The van der Waals surface area contributed by atoms with E-state index < -0.39 is 39.1 Å². The SMILES string of the molecule is O=C(CCCCCCCCCCCCCCO)OC[C@H](COP(=O)(O)OCCO)OC(=O)CCCCCCCCCCC/C=C\CCCCCCCO. The summed E-state index contributed by atoms with van der Waals surface area (Å²) in [6.45, 7) is -1.01. The van der Waals surface area contributed by atoms with Crippen molar-refractivity contribution in [3.8, 4) is 0 Å². The Morgan fingerprint density at radius 1 is 0.472 bits per heavy atom. The first-order valence-corrected chi connectivity index (χ1v) is 22.8. The Labute approximate surface area is 322 Å². The molecule has 0 radical (unpaired) electrons. The second kappa shape index (κ2) is 40.3. The Balaban J connectivity index is 4.10. The number of ether oxygens (including phenoxy) is 2. The van der Waals surface area contributed by atoms with Gasteiger partial charge in [-0.25, -0.2) is 4.57 Å². The van der Waals surface area contributed by atoms with E-state index in [-0.39, 0.29) is 32.7 Å². The fraction of sp³-hybridized carbons (Fsp3) is 0.902. The molecule has 0 aromatic carbocycles. The van der Waals surface area contributed by atoms with Crippen LogP contribution in [-0.4, -0.2) is 77.9 Å². The number of aliphatic hydroxyl groups excluding tert-OH is 3. The van der Waals surface area contributed by atoms with Crippen LogP contribution in [0.5, 0.6) is 0 Å². The number of unbranched alkanes of at least 4 members (excludes halogenated alkanes) is 25. The van der Waals surface area contributed by atoms with Gasteiger partial charge in [-0.15, -0.1) is 0 Å². The minimum Gasteiger partial charge on any atom is -0.462 e. The molecule has 12 heteroatoms. The van der Waals surface area contributed by atoms with Crippen molar-refractivity contribution in [2.45, 2.75) is 199 Å². The molecule has 0 fully saturated rings. The molecular weight excluding hydrogens is 699 g/mol. The molecule has 1 unspecified atom stereocenters. The standard InChI is InChI=1S/C41H79O11P/c42-33-29-25-21-17-13-9-6-4-2-1-3-5-7-12-16-20-24-28-32-41(46)52-39(38-51-53(47,48)50-36-35-44)37-49-40(45)31-27-23-19-15-11-8-10-14-18-22-26-30-34-43/h4,6,39,42-44H,1-3,5,7-38H2,(H,47,48)/b6-4-/t39-/m1/s1. The van der Waals surface area contributed by atoms with Crippen molar-refractivity contribution in [1.29, 1.82) is 0 Å². The zero-order valence-corrected chi connectivity index (χ0v) is 34.2. The van der Waals surface area contributed by atoms with Crippen molar-refractivity contribution in [2.75, 3.05) is 39.6 Å². The number of allylic oxidation sites excluding steroid dienone is 2. The Bertz CT molecular complexity index is 886. The summed E-state index contributed by atoms with van der Waals surface area (Å²) in [5.74, 6) is -0.895. The third-order valence-electron chi connectivity index (χ3n) is 9.23. The Kier molecular flexibility index (Phi) is 39.3. The van der Waals surface area contributed by atoms with Crippen molar-refractivity contribution in [3.05, 3.63) is 12.2 Å². The van der Waals surface area contributed by atoms with Gasteiger partial charge in [-0.2, -0.15) is 0 Å². The van der Waals surface area contributed by atoms with Gasteiger partial charge in [0.1, 0.15) is 6.61 Å². The van der Waals surface area contributed by atoms with Crippen LogP contribution in [0.1, 0.15) is 193 Å². The van der Waals surface area contributed by atoms with E-state index in [0.717, 1.165) is 77.0 Å². The van der Waals surface area contributed by atoms with Crippen LogP contribution < -0.4 is 0 Å². The minimum absolute atomic E-state index is 0.199. The monoisotopic (exact) mass is 779 g/mol. The molecule has 4 N–H and O–H groups in total. The molecule has 0 aliphatic carbocycles. The number of carbonyl (C=O) groups is 2. The van der Waals surface area contributed by atoms with Gasteiger partial charge in [-0.05, 0) is 51.4 Å². The topological polar surface area (TPSA) is 169 Å². The first-order valence-electron chi connectivity index (χ1n) is 21.3. The third kappa shape index (κ3) is 40.2. The predicted octanol–water partition coefficient (Wildman–Crippen LogP) is 9.81. The summed E-state index contributed by atoms with van der Waals surface area (Å²) in [6.07, 6.45) is 35.2. The van der Waals surface area contributed by atoms with Gasteiger partial charge in [-0.3, -0.25) is 18.6 Å². The maximum Gasteiger partial charge on any atom is 0.472 e. The van der Waals surface area contributed by atoms with Crippen molar-refractivity contribution >= 4 is 19.8 Å². The molecule has 0 bridgehead atoms. The van der Waals surface area contributed by atoms with E-state index in [1.807, 2.05) is 0 Å². The number of hydrogen-bond acceptors (Lipinski definition) is 10. The summed E-state index contributed by atoms with van der Waals surface area (Å²) in [5, 5.41) is 26.5. The van der Waals surface area contributed by atoms with Gasteiger partial charge in [0.15, 0.2) is 6.10 Å². The van der Waals surface area contributed by atoms with Crippen LogP contribution in [0.4, 0.5) is 0 Å². The number of hydrogen-bond donors (Lipinski definition) is 4. The first-order chi connectivity index (χ1) is 25.8. The Hall–Kier alpha value is -1.33. The quantitative estimate of drug-likeness (QED) is 0.0201. The number of phosphoric acid groups is 1. The van der Waals surface area contributed by atoms with E-state index in [2.05, 4.69) is 16.7 Å². The average molecular weight is 779 g/mol. The molecule has 0 aromatic heterocycles. The molecule has 0 saturated carbocycles. The predicted molar refractivity (Wildman–Crippen MR) is 211 cm³/mol. The molecule has 0 heterocycles. The van der Waals surface area contributed by atoms with Crippen LogP contribution in [0.2, 0.25) is 0 Å². The average Bonchev–Trinajstić information content (AvgIpc) is 3.14. The van der Waals surface area contributed by atoms with E-state index in [4.69, 9.17) is 29.3 Å². The molecule has 11 nitrogen and oxygen atoms in total. The second-order valence-electron chi connectivity index (χ2n) is 14.3. The zero-order chi connectivity index (χ0) is 38.9. The summed E-state index contributed by atoms with van der Waals surface area (Å²) < 4.78 is 32.4. The molecule has 0 aliphatic rings. The van der Waals surface area contributed by atoms with E-state index >= 15 is 0 Å². The minimum atomic E-state index is -4.46. The number of rotatable bonds is 42. The molecule has 2 atom stereocenters. The van der Waals surface area contributed by atoms with Gasteiger partial charge < -0.3 is 29.7 Å². The van der Waals surface area contributed by atoms with Gasteiger partial charge in [0, 0.05) is 26.1 Å². The lowest BCUT2D eigenvalue weighted by Crippen LogP contribution is -2.29. The lowest BCUT2D eigenvalue weighted by Gasteiger charge is -2.19. The molecule has 0 saturated heterocycles. The normalized spacial score (nSPS) is 13.4. The Morgan fingerprint density at radius 3 is 1.26 bits per heavy atom. The smallest absolute Gasteiger partial charge is 0.462 e. The van der Waals surface area contributed by atoms with Crippen LogP contribution >= 0.6 is 7.82 Å². The fourth-order valence-corrected chi connectivity index (χ4v) is 6.79. The van der Waals surface area contributed by atoms with Gasteiger partial charge in [0.05, 0.1) is 19.8 Å². The van der Waals surface area contributed by atoms with E-state index in [9.17, 15) is 19.0 Å². The van der Waals surface area contributed by atoms with Crippen LogP contribution in [0.25, 0.3) is 0 Å². The van der Waals surface area contributed by atoms with Crippen LogP contribution in [0.3, 0.4) is 0 Å². The molecular formula is C41H79O11P. The van der Waals surface area contributed by atoms with E-state index in [1.54, 1.807) is 0 Å². The lowest BCUT2D eigenvalue weighted by molar-refractivity contribution is -0.161. The van der Waals surface area contributed by atoms with Crippen molar-refractivity contribution in [3.63, 3.8) is 0 Å². The van der Waals surface area contributed by atoms with Gasteiger partial charge in [0.25, 0.3) is 0 Å². The van der Waals surface area contributed by atoms with E-state index in [0.29, 0.717) is 19.4 Å². The molecule has 0 rings (SSSR count). The first kappa shape index (κ1) is 51.7. The highest BCUT2D eigenvalue weighted by molar-refractivity contribution is 7.47. The third-order valence-corrected chi connectivity index (χ3v) is 10.2. The van der Waals surface area contributed by atoms with Crippen molar-refractivity contribution < 1.29 is 52.9 Å². The summed E-state index contributed by atoms with van der Waals surface area (Å²) >= 11 is 0. The lowest BCUT2D eigenvalue weighted by atomic mass is 10.0. The molecule has 53 heavy (non-hydrogen) atoms. The number of aliphatic hydroxyl groups is 3. The molecule has 314 valence electrons. The van der Waals surface area contributed by atoms with Crippen LogP contribution in [0, 0.1) is 0 Å². The largest absolute Gasteiger partial charge is 0.472 e. The summed E-state index contributed by atoms with van der Waals surface area (Å²) in [5.41, 5.74) is 0. The molecule has 0 aromatic rings. The highest BCUT2D eigenvalue weighted by atomic mass is 31.2. The highest BCUT2D eigenvalue weighted by Crippen LogP contribution is 2.43. The van der Waals surface area contributed by atoms with Crippen LogP contribution in [0.15, 0.2) is 12.2 Å². The fourth-order valence-electron chi connectivity index (χ4n) is 6.05. The molecule has 0 spiro atoms. The maximum absolute atomic E-state index is 12.6. The summed E-state index contributed by atoms with van der Waals surface area (Å²) in [4.78, 5) is 34.7. The maximum atomic E-state index is 12.6. The van der Waals surface area contributed by atoms with Gasteiger partial charge in [0.2, 0.25) is 0 Å².